The Kier molecular flexibility index (Phi) is 7.74. The molecule has 5 rings (SSSR count). The van der Waals surface area contributed by atoms with E-state index in [4.69, 9.17) is 42.9 Å². The molecule has 0 saturated heterocycles. The van der Waals surface area contributed by atoms with Crippen molar-refractivity contribution in [2.45, 2.75) is 30.2 Å². The van der Waals surface area contributed by atoms with Gasteiger partial charge in [0.15, 0.2) is 0 Å². The van der Waals surface area contributed by atoms with Gasteiger partial charge in [-0.25, -0.2) is 14.6 Å². The SMILES string of the molecule is Cc1nn(-c2nc(-c3ccc(Cl)c(Cl)c3)c(SC(C)C)s2)cc1-c1ccc2nccn2c1.O=C=O. The van der Waals surface area contributed by atoms with Crippen LogP contribution in [0.15, 0.2) is 59.3 Å². The molecule has 35 heavy (non-hydrogen) atoms. The number of thiazole rings is 1. The van der Waals surface area contributed by atoms with Crippen LogP contribution in [0, 0.1) is 6.92 Å². The third-order valence-corrected chi connectivity index (χ3v) is 7.91. The zero-order valence-electron chi connectivity index (χ0n) is 18.9. The number of carbonyl (C=O) groups excluding carboxylic acids is 2. The van der Waals surface area contributed by atoms with Crippen LogP contribution in [0.25, 0.3) is 33.2 Å². The minimum absolute atomic E-state index is 0.250. The van der Waals surface area contributed by atoms with Crippen LogP contribution >= 0.6 is 46.3 Å². The van der Waals surface area contributed by atoms with Gasteiger partial charge in [0.05, 0.1) is 25.6 Å². The Hall–Kier alpha value is -2.94. The first-order chi connectivity index (χ1) is 16.8. The lowest BCUT2D eigenvalue weighted by Gasteiger charge is -2.05. The number of imidazole rings is 1. The van der Waals surface area contributed by atoms with E-state index in [1.165, 1.54) is 0 Å². The Morgan fingerprint density at radius 3 is 2.51 bits per heavy atom. The first kappa shape index (κ1) is 25.2. The van der Waals surface area contributed by atoms with Crippen molar-refractivity contribution in [1.82, 2.24) is 24.1 Å². The van der Waals surface area contributed by atoms with E-state index in [9.17, 15) is 0 Å². The molecule has 4 aromatic heterocycles. The number of hydrogen-bond acceptors (Lipinski definition) is 7. The first-order valence-corrected chi connectivity index (χ1v) is 12.9. The molecule has 0 aliphatic carbocycles. The highest BCUT2D eigenvalue weighted by Crippen LogP contribution is 2.41. The molecule has 1 aromatic carbocycles. The van der Waals surface area contributed by atoms with Crippen molar-refractivity contribution >= 4 is 58.1 Å². The van der Waals surface area contributed by atoms with Crippen molar-refractivity contribution in [2.75, 3.05) is 0 Å². The molecule has 0 N–H and O–H groups in total. The zero-order chi connectivity index (χ0) is 25.1. The van der Waals surface area contributed by atoms with E-state index >= 15 is 0 Å². The fourth-order valence-corrected chi connectivity index (χ4v) is 6.18. The Bertz CT molecular complexity index is 1530. The van der Waals surface area contributed by atoms with Crippen LogP contribution in [0.2, 0.25) is 10.0 Å². The van der Waals surface area contributed by atoms with Gasteiger partial charge in [0.1, 0.15) is 5.65 Å². The summed E-state index contributed by atoms with van der Waals surface area (Å²) < 4.78 is 5.00. The number of fused-ring (bicyclic) bond motifs is 1. The number of halogens is 2. The minimum atomic E-state index is 0.250. The second-order valence-corrected chi connectivity index (χ2v) is 11.3. The van der Waals surface area contributed by atoms with Crippen LogP contribution in [0.4, 0.5) is 0 Å². The van der Waals surface area contributed by atoms with Gasteiger partial charge in [-0.05, 0) is 31.2 Å². The molecule has 0 fully saturated rings. The summed E-state index contributed by atoms with van der Waals surface area (Å²) in [4.78, 5) is 25.5. The van der Waals surface area contributed by atoms with Gasteiger partial charge in [0, 0.05) is 46.7 Å². The van der Waals surface area contributed by atoms with E-state index < -0.39 is 0 Å². The summed E-state index contributed by atoms with van der Waals surface area (Å²) in [5.41, 5.74) is 5.84. The average Bonchev–Trinajstić information content (AvgIpc) is 3.53. The third kappa shape index (κ3) is 5.50. The van der Waals surface area contributed by atoms with Crippen LogP contribution in [0.5, 0.6) is 0 Å². The Balaban J connectivity index is 0.000000917. The molecule has 7 nitrogen and oxygen atoms in total. The standard InChI is InChI=1S/C23H19Cl2N5S2.CO2/c1-13(2)31-22-21(15-4-6-18(24)19(25)10-15)27-23(32-22)30-12-17(14(3)28-30)16-5-7-20-26-8-9-29(20)11-16;2-1-3/h4-13H,1-3H3;. The van der Waals surface area contributed by atoms with E-state index in [0.29, 0.717) is 15.3 Å². The second-order valence-electron chi connectivity index (χ2n) is 7.69. The van der Waals surface area contributed by atoms with E-state index in [2.05, 4.69) is 31.1 Å². The van der Waals surface area contributed by atoms with Crippen molar-refractivity contribution in [3.8, 4) is 27.5 Å². The predicted octanol–water partition coefficient (Wildman–Crippen LogP) is 6.84. The summed E-state index contributed by atoms with van der Waals surface area (Å²) in [7, 11) is 0. The van der Waals surface area contributed by atoms with E-state index in [-0.39, 0.29) is 6.15 Å². The molecule has 0 aliphatic heterocycles. The lowest BCUT2D eigenvalue weighted by atomic mass is 10.1. The number of hydrogen-bond donors (Lipinski definition) is 0. The van der Waals surface area contributed by atoms with Crippen LogP contribution in [0.1, 0.15) is 19.5 Å². The summed E-state index contributed by atoms with van der Waals surface area (Å²) in [6.45, 7) is 6.36. The molecular formula is C24H19Cl2N5O2S2. The molecule has 0 bridgehead atoms. The average molecular weight is 544 g/mol. The van der Waals surface area contributed by atoms with Gasteiger partial charge in [-0.2, -0.15) is 14.7 Å². The van der Waals surface area contributed by atoms with Gasteiger partial charge < -0.3 is 4.40 Å². The maximum absolute atomic E-state index is 8.12. The molecule has 0 unspecified atom stereocenters. The van der Waals surface area contributed by atoms with Gasteiger partial charge in [-0.1, -0.05) is 54.5 Å². The first-order valence-electron chi connectivity index (χ1n) is 10.4. The molecular weight excluding hydrogens is 525 g/mol. The van der Waals surface area contributed by atoms with Crippen molar-refractivity contribution in [1.29, 1.82) is 0 Å². The Morgan fingerprint density at radius 2 is 1.80 bits per heavy atom. The quantitative estimate of drug-likeness (QED) is 0.225. The summed E-state index contributed by atoms with van der Waals surface area (Å²) in [6.07, 6.45) is 8.09. The number of thioether (sulfide) groups is 1. The molecule has 0 amide bonds. The van der Waals surface area contributed by atoms with Gasteiger partial charge in [-0.15, -0.1) is 11.8 Å². The predicted molar refractivity (Wildman–Crippen MR) is 140 cm³/mol. The second kappa shape index (κ2) is 10.8. The highest BCUT2D eigenvalue weighted by Gasteiger charge is 2.19. The van der Waals surface area contributed by atoms with Crippen LogP contribution in [-0.2, 0) is 9.59 Å². The molecule has 0 atom stereocenters. The molecule has 5 aromatic rings. The highest BCUT2D eigenvalue weighted by molar-refractivity contribution is 8.01. The maximum Gasteiger partial charge on any atom is 0.373 e. The summed E-state index contributed by atoms with van der Waals surface area (Å²) in [5.74, 6) is 0. The fourth-order valence-electron chi connectivity index (χ4n) is 3.43. The van der Waals surface area contributed by atoms with Crippen LogP contribution in [0.3, 0.4) is 0 Å². The smallest absolute Gasteiger partial charge is 0.306 e. The summed E-state index contributed by atoms with van der Waals surface area (Å²) in [6, 6.07) is 9.71. The van der Waals surface area contributed by atoms with Gasteiger partial charge in [0.25, 0.3) is 0 Å². The van der Waals surface area contributed by atoms with Crippen molar-refractivity contribution < 1.29 is 9.59 Å². The van der Waals surface area contributed by atoms with Crippen LogP contribution < -0.4 is 0 Å². The van der Waals surface area contributed by atoms with E-state index in [0.717, 1.165) is 43.1 Å². The van der Waals surface area contributed by atoms with Crippen molar-refractivity contribution in [3.63, 3.8) is 0 Å². The van der Waals surface area contributed by atoms with Crippen molar-refractivity contribution in [3.05, 3.63) is 70.9 Å². The normalized spacial score (nSPS) is 10.9. The number of pyridine rings is 1. The zero-order valence-corrected chi connectivity index (χ0v) is 22.0. The largest absolute Gasteiger partial charge is 0.373 e. The number of benzene rings is 1. The van der Waals surface area contributed by atoms with Crippen LogP contribution in [-0.4, -0.2) is 35.6 Å². The molecule has 11 heteroatoms. The molecule has 4 heterocycles. The molecule has 0 radical (unpaired) electrons. The lowest BCUT2D eigenvalue weighted by Crippen LogP contribution is -1.94. The number of rotatable bonds is 5. The molecule has 0 aliphatic rings. The van der Waals surface area contributed by atoms with Gasteiger partial charge in [-0.3, -0.25) is 0 Å². The topological polar surface area (TPSA) is 82.2 Å². The number of nitrogens with zero attached hydrogens (tertiary/aromatic N) is 5. The highest BCUT2D eigenvalue weighted by atomic mass is 35.5. The number of aryl methyl sites for hydroxylation is 1. The summed E-state index contributed by atoms with van der Waals surface area (Å²) in [5, 5.41) is 7.05. The van der Waals surface area contributed by atoms with Crippen molar-refractivity contribution in [2.24, 2.45) is 0 Å². The summed E-state index contributed by atoms with van der Waals surface area (Å²) >= 11 is 15.8. The van der Waals surface area contributed by atoms with Gasteiger partial charge >= 0.3 is 6.15 Å². The fraction of sp³-hybridized carbons (Fsp3) is 0.167. The molecule has 178 valence electrons. The molecule has 0 saturated carbocycles. The lowest BCUT2D eigenvalue weighted by molar-refractivity contribution is -0.191. The number of aromatic nitrogens is 5. The monoisotopic (exact) mass is 543 g/mol. The van der Waals surface area contributed by atoms with E-state index in [1.807, 2.05) is 52.7 Å². The molecule has 0 spiro atoms. The third-order valence-electron chi connectivity index (χ3n) is 4.92. The van der Waals surface area contributed by atoms with Gasteiger partial charge in [0.2, 0.25) is 5.13 Å². The van der Waals surface area contributed by atoms with E-state index in [1.54, 1.807) is 29.3 Å². The Labute approximate surface area is 219 Å². The minimum Gasteiger partial charge on any atom is -0.306 e. The maximum atomic E-state index is 8.12. The Morgan fingerprint density at radius 1 is 1.06 bits per heavy atom.